The van der Waals surface area contributed by atoms with Crippen LogP contribution in [0.15, 0.2) is 24.3 Å². The molecule has 1 rings (SSSR count). The lowest BCUT2D eigenvalue weighted by atomic mass is 10.3. The van der Waals surface area contributed by atoms with Crippen LogP contribution in [0.25, 0.3) is 0 Å². The fraction of sp³-hybridized carbons (Fsp3) is 0.571. The lowest BCUT2D eigenvalue weighted by molar-refractivity contribution is 0.475. The topological polar surface area (TPSA) is 20.2 Å². The summed E-state index contributed by atoms with van der Waals surface area (Å²) in [5.41, 5.74) is 0. The van der Waals surface area contributed by atoms with E-state index in [0.29, 0.717) is 5.75 Å². The highest BCUT2D eigenvalue weighted by Gasteiger charge is 2.09. The summed E-state index contributed by atoms with van der Waals surface area (Å²) in [6, 6.07) is 7.85. The summed E-state index contributed by atoms with van der Waals surface area (Å²) in [5, 5.41) is 10.8. The molecule has 0 aliphatic heterocycles. The standard InChI is InChI=1S/C14H23OP/c1-3-5-11-16(12-6-4-2)14-9-7-13(15)8-10-14/h7-10,15H,3-6,11-12H2,1-2H3. The fourth-order valence-corrected chi connectivity index (χ4v) is 4.44. The van der Waals surface area contributed by atoms with Gasteiger partial charge in [-0.15, -0.1) is 0 Å². The molecular weight excluding hydrogens is 215 g/mol. The zero-order valence-electron chi connectivity index (χ0n) is 10.4. The molecule has 0 atom stereocenters. The van der Waals surface area contributed by atoms with Crippen molar-refractivity contribution in [1.82, 2.24) is 0 Å². The minimum absolute atomic E-state index is 0.00896. The monoisotopic (exact) mass is 238 g/mol. The molecule has 0 fully saturated rings. The normalized spacial score (nSPS) is 10.9. The van der Waals surface area contributed by atoms with Gasteiger partial charge >= 0.3 is 0 Å². The van der Waals surface area contributed by atoms with Crippen LogP contribution in [0.5, 0.6) is 5.75 Å². The maximum absolute atomic E-state index is 9.30. The van der Waals surface area contributed by atoms with Crippen LogP contribution in [0.1, 0.15) is 39.5 Å². The van der Waals surface area contributed by atoms with Gasteiger partial charge in [0.05, 0.1) is 0 Å². The van der Waals surface area contributed by atoms with Crippen LogP contribution in [-0.4, -0.2) is 17.4 Å². The Balaban J connectivity index is 2.62. The summed E-state index contributed by atoms with van der Waals surface area (Å²) in [6.45, 7) is 4.51. The minimum Gasteiger partial charge on any atom is -0.508 e. The molecule has 0 aliphatic rings. The fourth-order valence-electron chi connectivity index (χ4n) is 1.73. The van der Waals surface area contributed by atoms with E-state index in [-0.39, 0.29) is 7.92 Å². The van der Waals surface area contributed by atoms with Gasteiger partial charge in [0, 0.05) is 0 Å². The second-order valence-electron chi connectivity index (χ2n) is 4.21. The number of aromatic hydroxyl groups is 1. The zero-order chi connectivity index (χ0) is 11.8. The first-order chi connectivity index (χ1) is 7.77. The third kappa shape index (κ3) is 4.53. The molecule has 1 nitrogen and oxygen atoms in total. The molecule has 90 valence electrons. The first kappa shape index (κ1) is 13.5. The molecule has 0 saturated heterocycles. The van der Waals surface area contributed by atoms with Crippen LogP contribution < -0.4 is 5.30 Å². The van der Waals surface area contributed by atoms with Crippen molar-refractivity contribution in [2.45, 2.75) is 39.5 Å². The Morgan fingerprint density at radius 3 is 1.88 bits per heavy atom. The van der Waals surface area contributed by atoms with E-state index < -0.39 is 0 Å². The maximum atomic E-state index is 9.30. The van der Waals surface area contributed by atoms with Gasteiger partial charge in [0.15, 0.2) is 0 Å². The van der Waals surface area contributed by atoms with Crippen LogP contribution in [0.3, 0.4) is 0 Å². The van der Waals surface area contributed by atoms with Crippen molar-refractivity contribution in [3.63, 3.8) is 0 Å². The number of phenolic OH excluding ortho intramolecular Hbond substituents is 1. The van der Waals surface area contributed by atoms with Crippen molar-refractivity contribution in [2.24, 2.45) is 0 Å². The van der Waals surface area contributed by atoms with Gasteiger partial charge in [0.2, 0.25) is 0 Å². The van der Waals surface area contributed by atoms with E-state index in [0.717, 1.165) is 0 Å². The van der Waals surface area contributed by atoms with E-state index in [1.807, 2.05) is 12.1 Å². The number of rotatable bonds is 7. The number of unbranched alkanes of at least 4 members (excludes halogenated alkanes) is 2. The van der Waals surface area contributed by atoms with Gasteiger partial charge in [-0.1, -0.05) is 46.7 Å². The maximum Gasteiger partial charge on any atom is 0.115 e. The van der Waals surface area contributed by atoms with Gasteiger partial charge in [0.25, 0.3) is 0 Å². The molecule has 1 aromatic carbocycles. The smallest absolute Gasteiger partial charge is 0.115 e. The molecule has 1 aromatic rings. The first-order valence-electron chi connectivity index (χ1n) is 6.32. The molecular formula is C14H23OP. The third-order valence-corrected chi connectivity index (χ3v) is 5.52. The Hall–Kier alpha value is -0.550. The SMILES string of the molecule is CCCCP(CCCC)c1ccc(O)cc1. The van der Waals surface area contributed by atoms with Crippen molar-refractivity contribution >= 4 is 13.2 Å². The van der Waals surface area contributed by atoms with Crippen LogP contribution in [0.4, 0.5) is 0 Å². The molecule has 1 N–H and O–H groups in total. The summed E-state index contributed by atoms with van der Waals surface area (Å²) in [4.78, 5) is 0. The van der Waals surface area contributed by atoms with Gasteiger partial charge in [-0.3, -0.25) is 0 Å². The largest absolute Gasteiger partial charge is 0.508 e. The highest BCUT2D eigenvalue weighted by atomic mass is 31.1. The minimum atomic E-state index is 0.00896. The van der Waals surface area contributed by atoms with Gasteiger partial charge in [0.1, 0.15) is 5.75 Å². The molecule has 0 spiro atoms. The van der Waals surface area contributed by atoms with Crippen molar-refractivity contribution < 1.29 is 5.11 Å². The first-order valence-corrected chi connectivity index (χ1v) is 8.03. The van der Waals surface area contributed by atoms with E-state index in [9.17, 15) is 5.11 Å². The van der Waals surface area contributed by atoms with Gasteiger partial charge in [-0.25, -0.2) is 0 Å². The summed E-state index contributed by atoms with van der Waals surface area (Å²) in [5.74, 6) is 0.379. The van der Waals surface area contributed by atoms with Crippen LogP contribution >= 0.6 is 7.92 Å². The van der Waals surface area contributed by atoms with Crippen LogP contribution in [-0.2, 0) is 0 Å². The van der Waals surface area contributed by atoms with Crippen molar-refractivity contribution in [3.05, 3.63) is 24.3 Å². The summed E-state index contributed by atoms with van der Waals surface area (Å²) < 4.78 is 0. The quantitative estimate of drug-likeness (QED) is 0.709. The van der Waals surface area contributed by atoms with Crippen LogP contribution in [0, 0.1) is 0 Å². The Kier molecular flexibility index (Phi) is 6.49. The van der Waals surface area contributed by atoms with E-state index >= 15 is 0 Å². The van der Waals surface area contributed by atoms with E-state index in [4.69, 9.17) is 0 Å². The molecule has 0 bridgehead atoms. The molecule has 0 radical (unpaired) electrons. The third-order valence-electron chi connectivity index (χ3n) is 2.78. The molecule has 2 heteroatoms. The molecule has 0 saturated carbocycles. The number of hydrogen-bond acceptors (Lipinski definition) is 1. The summed E-state index contributed by atoms with van der Waals surface area (Å²) in [7, 11) is 0.00896. The lowest BCUT2D eigenvalue weighted by Gasteiger charge is -2.17. The Morgan fingerprint density at radius 1 is 0.938 bits per heavy atom. The van der Waals surface area contributed by atoms with Crippen molar-refractivity contribution in [2.75, 3.05) is 12.3 Å². The van der Waals surface area contributed by atoms with E-state index in [1.54, 1.807) is 0 Å². The van der Waals surface area contributed by atoms with Crippen molar-refractivity contribution in [1.29, 1.82) is 0 Å². The predicted octanol–water partition coefficient (Wildman–Crippen LogP) is 4.10. The second kappa shape index (κ2) is 7.68. The Bertz CT molecular complexity index is 273. The van der Waals surface area contributed by atoms with E-state index in [2.05, 4.69) is 26.0 Å². The average Bonchev–Trinajstić information content (AvgIpc) is 2.31. The average molecular weight is 238 g/mol. The van der Waals surface area contributed by atoms with Gasteiger partial charge in [-0.05, 0) is 42.6 Å². The number of phenols is 1. The molecule has 0 amide bonds. The number of hydrogen-bond donors (Lipinski definition) is 1. The molecule has 16 heavy (non-hydrogen) atoms. The lowest BCUT2D eigenvalue weighted by Crippen LogP contribution is -2.06. The molecule has 0 aromatic heterocycles. The molecule has 0 aliphatic carbocycles. The second-order valence-corrected chi connectivity index (χ2v) is 6.70. The highest BCUT2D eigenvalue weighted by Crippen LogP contribution is 2.37. The molecule has 0 heterocycles. The number of benzene rings is 1. The van der Waals surface area contributed by atoms with Gasteiger partial charge in [-0.2, -0.15) is 0 Å². The predicted molar refractivity (Wildman–Crippen MR) is 74.2 cm³/mol. The van der Waals surface area contributed by atoms with Crippen LogP contribution in [0.2, 0.25) is 0 Å². The van der Waals surface area contributed by atoms with Crippen molar-refractivity contribution in [3.8, 4) is 5.75 Å². The highest BCUT2D eigenvalue weighted by molar-refractivity contribution is 7.65. The molecule has 0 unspecified atom stereocenters. The zero-order valence-corrected chi connectivity index (χ0v) is 11.3. The Labute approximate surface area is 101 Å². The summed E-state index contributed by atoms with van der Waals surface area (Å²) >= 11 is 0. The summed E-state index contributed by atoms with van der Waals surface area (Å²) in [6.07, 6.45) is 7.91. The van der Waals surface area contributed by atoms with Gasteiger partial charge < -0.3 is 5.11 Å². The van der Waals surface area contributed by atoms with E-state index in [1.165, 1.54) is 43.3 Å². The Morgan fingerprint density at radius 2 is 1.44 bits per heavy atom.